The van der Waals surface area contributed by atoms with Crippen LogP contribution < -0.4 is 10.6 Å². The van der Waals surface area contributed by atoms with Crippen LogP contribution in [0.2, 0.25) is 5.02 Å². The monoisotopic (exact) mass is 353 g/mol. The molecule has 0 radical (unpaired) electrons. The number of urea groups is 1. The predicted octanol–water partition coefficient (Wildman–Crippen LogP) is 2.20. The number of anilines is 1. The molecule has 7 heteroatoms. The normalized spacial score (nSPS) is 23.0. The number of amides is 2. The van der Waals surface area contributed by atoms with E-state index in [4.69, 9.17) is 21.1 Å². The highest BCUT2D eigenvalue weighted by atomic mass is 35.5. The zero-order valence-corrected chi connectivity index (χ0v) is 14.4. The minimum absolute atomic E-state index is 0.213. The molecule has 2 saturated heterocycles. The Labute approximate surface area is 147 Å². The number of rotatable bonds is 5. The molecule has 6 nitrogen and oxygen atoms in total. The van der Waals surface area contributed by atoms with E-state index in [-0.39, 0.29) is 12.1 Å². The van der Waals surface area contributed by atoms with Crippen molar-refractivity contribution >= 4 is 23.3 Å². The Morgan fingerprint density at radius 2 is 2.12 bits per heavy atom. The molecule has 2 fully saturated rings. The van der Waals surface area contributed by atoms with Crippen LogP contribution in [0.4, 0.5) is 10.5 Å². The number of halogens is 1. The molecular weight excluding hydrogens is 330 g/mol. The van der Waals surface area contributed by atoms with Crippen molar-refractivity contribution in [2.24, 2.45) is 5.92 Å². The van der Waals surface area contributed by atoms with Gasteiger partial charge in [-0.05, 0) is 24.6 Å². The third-order valence-corrected chi connectivity index (χ3v) is 4.81. The Balaban J connectivity index is 1.55. The molecule has 0 aromatic heterocycles. The van der Waals surface area contributed by atoms with Crippen molar-refractivity contribution in [3.05, 3.63) is 29.3 Å². The van der Waals surface area contributed by atoms with Gasteiger partial charge in [0.1, 0.15) is 0 Å². The Kier molecular flexibility index (Phi) is 6.31. The smallest absolute Gasteiger partial charge is 0.319 e. The topological polar surface area (TPSA) is 62.8 Å². The maximum Gasteiger partial charge on any atom is 0.319 e. The Morgan fingerprint density at radius 1 is 1.29 bits per heavy atom. The van der Waals surface area contributed by atoms with Gasteiger partial charge in [-0.15, -0.1) is 0 Å². The zero-order valence-electron chi connectivity index (χ0n) is 13.7. The maximum absolute atomic E-state index is 12.2. The van der Waals surface area contributed by atoms with E-state index in [0.717, 1.165) is 45.9 Å². The van der Waals surface area contributed by atoms with E-state index >= 15 is 0 Å². The molecule has 132 valence electrons. The van der Waals surface area contributed by atoms with Crippen molar-refractivity contribution in [3.63, 3.8) is 0 Å². The molecule has 2 heterocycles. The summed E-state index contributed by atoms with van der Waals surface area (Å²) in [5.41, 5.74) is 0.687. The van der Waals surface area contributed by atoms with Crippen LogP contribution in [-0.2, 0) is 9.47 Å². The summed E-state index contributed by atoms with van der Waals surface area (Å²) in [7, 11) is 0. The van der Waals surface area contributed by atoms with Crippen LogP contribution in [0.5, 0.6) is 0 Å². The van der Waals surface area contributed by atoms with Crippen molar-refractivity contribution in [3.8, 4) is 0 Å². The Bertz CT molecular complexity index is 546. The quantitative estimate of drug-likeness (QED) is 0.852. The molecule has 0 spiro atoms. The van der Waals surface area contributed by atoms with Crippen LogP contribution in [0.15, 0.2) is 24.3 Å². The van der Waals surface area contributed by atoms with E-state index in [9.17, 15) is 4.79 Å². The molecule has 2 aliphatic heterocycles. The highest BCUT2D eigenvalue weighted by Crippen LogP contribution is 2.22. The second-order valence-corrected chi connectivity index (χ2v) is 6.62. The second kappa shape index (κ2) is 8.67. The van der Waals surface area contributed by atoms with Crippen LogP contribution in [0.1, 0.15) is 6.42 Å². The van der Waals surface area contributed by atoms with Crippen LogP contribution in [-0.4, -0.2) is 63.0 Å². The lowest BCUT2D eigenvalue weighted by atomic mass is 9.97. The Hall–Kier alpha value is -1.34. The average Bonchev–Trinajstić information content (AvgIpc) is 3.10. The molecule has 24 heavy (non-hydrogen) atoms. The summed E-state index contributed by atoms with van der Waals surface area (Å²) < 4.78 is 11.0. The fourth-order valence-corrected chi connectivity index (χ4v) is 3.49. The van der Waals surface area contributed by atoms with Crippen LogP contribution in [0, 0.1) is 5.92 Å². The first-order chi connectivity index (χ1) is 11.7. The van der Waals surface area contributed by atoms with Gasteiger partial charge in [-0.25, -0.2) is 4.79 Å². The average molecular weight is 354 g/mol. The molecular formula is C17H24ClN3O3. The summed E-state index contributed by atoms with van der Waals surface area (Å²) in [6.07, 6.45) is 1.04. The molecule has 3 rings (SSSR count). The number of carbonyl (C=O) groups excluding carboxylic acids is 1. The molecule has 2 unspecified atom stereocenters. The summed E-state index contributed by atoms with van der Waals surface area (Å²) in [5.74, 6) is 0.453. The lowest BCUT2D eigenvalue weighted by molar-refractivity contribution is 0.00222. The van der Waals surface area contributed by atoms with Crippen molar-refractivity contribution in [2.45, 2.75) is 12.5 Å². The van der Waals surface area contributed by atoms with Gasteiger partial charge in [-0.3, -0.25) is 4.90 Å². The SMILES string of the molecule is O=C(NCC(C1CCOC1)N1CCOCC1)Nc1cccc(Cl)c1. The molecule has 1 aromatic carbocycles. The van der Waals surface area contributed by atoms with Gasteiger partial charge in [0.25, 0.3) is 0 Å². The number of hydrogen-bond donors (Lipinski definition) is 2. The minimum atomic E-state index is -0.213. The van der Waals surface area contributed by atoms with Crippen molar-refractivity contribution < 1.29 is 14.3 Å². The summed E-state index contributed by atoms with van der Waals surface area (Å²) in [5, 5.41) is 6.42. The molecule has 2 N–H and O–H groups in total. The van der Waals surface area contributed by atoms with Gasteiger partial charge in [-0.2, -0.15) is 0 Å². The van der Waals surface area contributed by atoms with Crippen molar-refractivity contribution in [1.82, 2.24) is 10.2 Å². The summed E-state index contributed by atoms with van der Waals surface area (Å²) in [4.78, 5) is 14.6. The number of hydrogen-bond acceptors (Lipinski definition) is 4. The molecule has 1 aromatic rings. The van der Waals surface area contributed by atoms with Gasteiger partial charge in [0.2, 0.25) is 0 Å². The number of nitrogens with zero attached hydrogens (tertiary/aromatic N) is 1. The van der Waals surface area contributed by atoms with E-state index in [1.165, 1.54) is 0 Å². The number of morpholine rings is 1. The fraction of sp³-hybridized carbons (Fsp3) is 0.588. The van der Waals surface area contributed by atoms with Gasteiger partial charge in [0.05, 0.1) is 19.8 Å². The largest absolute Gasteiger partial charge is 0.381 e. The van der Waals surface area contributed by atoms with E-state index < -0.39 is 0 Å². The van der Waals surface area contributed by atoms with Crippen LogP contribution in [0.3, 0.4) is 0 Å². The predicted molar refractivity (Wildman–Crippen MR) is 93.6 cm³/mol. The first-order valence-corrected chi connectivity index (χ1v) is 8.80. The molecule has 0 saturated carbocycles. The third kappa shape index (κ3) is 4.83. The van der Waals surface area contributed by atoms with Gasteiger partial charge in [-0.1, -0.05) is 17.7 Å². The van der Waals surface area contributed by atoms with E-state index in [2.05, 4.69) is 15.5 Å². The molecule has 2 amide bonds. The summed E-state index contributed by atoms with van der Waals surface area (Å²) in [6, 6.07) is 7.20. The maximum atomic E-state index is 12.2. The molecule has 2 atom stereocenters. The molecule has 0 bridgehead atoms. The number of ether oxygens (including phenoxy) is 2. The van der Waals surface area contributed by atoms with Gasteiger partial charge >= 0.3 is 6.03 Å². The van der Waals surface area contributed by atoms with Gasteiger partial charge < -0.3 is 20.1 Å². The second-order valence-electron chi connectivity index (χ2n) is 6.18. The minimum Gasteiger partial charge on any atom is -0.381 e. The number of carbonyl (C=O) groups is 1. The summed E-state index contributed by atoms with van der Waals surface area (Å²) >= 11 is 5.94. The lowest BCUT2D eigenvalue weighted by Gasteiger charge is -2.37. The summed E-state index contributed by atoms with van der Waals surface area (Å²) in [6.45, 7) is 5.47. The van der Waals surface area contributed by atoms with Crippen LogP contribution in [0.25, 0.3) is 0 Å². The van der Waals surface area contributed by atoms with E-state index in [1.54, 1.807) is 12.1 Å². The van der Waals surface area contributed by atoms with Crippen molar-refractivity contribution in [2.75, 3.05) is 51.4 Å². The zero-order chi connectivity index (χ0) is 16.8. The highest BCUT2D eigenvalue weighted by molar-refractivity contribution is 6.30. The van der Waals surface area contributed by atoms with Gasteiger partial charge in [0.15, 0.2) is 0 Å². The lowest BCUT2D eigenvalue weighted by Crippen LogP contribution is -2.52. The first-order valence-electron chi connectivity index (χ1n) is 8.42. The molecule has 2 aliphatic rings. The third-order valence-electron chi connectivity index (χ3n) is 4.58. The molecule has 0 aliphatic carbocycles. The first kappa shape index (κ1) is 17.5. The number of benzene rings is 1. The fourth-order valence-electron chi connectivity index (χ4n) is 3.30. The standard InChI is InChI=1S/C17H24ClN3O3/c18-14-2-1-3-15(10-14)20-17(22)19-11-16(13-4-7-24-12-13)21-5-8-23-9-6-21/h1-3,10,13,16H,4-9,11-12H2,(H2,19,20,22). The van der Waals surface area contributed by atoms with Crippen molar-refractivity contribution in [1.29, 1.82) is 0 Å². The van der Waals surface area contributed by atoms with E-state index in [1.807, 2.05) is 12.1 Å². The highest BCUT2D eigenvalue weighted by Gasteiger charge is 2.31. The van der Waals surface area contributed by atoms with Crippen LogP contribution >= 0.6 is 11.6 Å². The number of nitrogens with one attached hydrogen (secondary N) is 2. The Morgan fingerprint density at radius 3 is 2.83 bits per heavy atom. The van der Waals surface area contributed by atoms with Gasteiger partial charge in [0, 0.05) is 48.9 Å². The van der Waals surface area contributed by atoms with E-state index in [0.29, 0.717) is 23.2 Å².